The Hall–Kier alpha value is -1.93. The molecule has 6 nitrogen and oxygen atoms in total. The Labute approximate surface area is 167 Å². The zero-order valence-corrected chi connectivity index (χ0v) is 17.1. The normalized spacial score (nSPS) is 15.5. The van der Waals surface area contributed by atoms with Crippen LogP contribution in [0, 0.1) is 0 Å². The molecule has 2 aromatic carbocycles. The fourth-order valence-corrected chi connectivity index (χ4v) is 4.76. The molecule has 0 aromatic heterocycles. The number of nitrogens with one attached hydrogen (secondary N) is 1. The Balaban J connectivity index is 1.59. The number of morpholine rings is 1. The number of ether oxygens (including phenoxy) is 2. The first kappa shape index (κ1) is 20.8. The Kier molecular flexibility index (Phi) is 7.44. The van der Waals surface area contributed by atoms with Crippen LogP contribution < -0.4 is 10.1 Å². The van der Waals surface area contributed by atoms with Crippen LogP contribution >= 0.6 is 0 Å². The van der Waals surface area contributed by atoms with E-state index < -0.39 is 10.0 Å². The fraction of sp³-hybridized carbons (Fsp3) is 0.429. The molecule has 0 unspecified atom stereocenters. The van der Waals surface area contributed by atoms with Gasteiger partial charge >= 0.3 is 0 Å². The topological polar surface area (TPSA) is 67.9 Å². The Bertz CT molecular complexity index is 847. The van der Waals surface area contributed by atoms with Crippen molar-refractivity contribution < 1.29 is 17.9 Å². The summed E-state index contributed by atoms with van der Waals surface area (Å²) in [5.41, 5.74) is 3.00. The highest BCUT2D eigenvalue weighted by Gasteiger charge is 2.25. The van der Waals surface area contributed by atoms with E-state index in [9.17, 15) is 8.42 Å². The number of hydrogen-bond acceptors (Lipinski definition) is 5. The SMILES string of the molecule is CCOc1ccc(CNCc2ccccc2CS(=O)(=O)N2CCOCC2)cc1. The maximum absolute atomic E-state index is 12.7. The first-order chi connectivity index (χ1) is 13.6. The highest BCUT2D eigenvalue weighted by molar-refractivity contribution is 7.88. The van der Waals surface area contributed by atoms with Gasteiger partial charge in [0.05, 0.1) is 25.6 Å². The van der Waals surface area contributed by atoms with Crippen LogP contribution in [0.2, 0.25) is 0 Å². The van der Waals surface area contributed by atoms with E-state index in [1.165, 1.54) is 4.31 Å². The van der Waals surface area contributed by atoms with Gasteiger partial charge in [0.15, 0.2) is 0 Å². The second-order valence-corrected chi connectivity index (χ2v) is 8.69. The second-order valence-electron chi connectivity index (χ2n) is 6.72. The van der Waals surface area contributed by atoms with Gasteiger partial charge in [-0.25, -0.2) is 8.42 Å². The van der Waals surface area contributed by atoms with Crippen molar-refractivity contribution in [2.45, 2.75) is 25.8 Å². The lowest BCUT2D eigenvalue weighted by Gasteiger charge is -2.26. The van der Waals surface area contributed by atoms with Crippen molar-refractivity contribution in [3.05, 3.63) is 65.2 Å². The summed E-state index contributed by atoms with van der Waals surface area (Å²) in [6, 6.07) is 15.7. The molecule has 152 valence electrons. The molecule has 1 aliphatic heterocycles. The van der Waals surface area contributed by atoms with Crippen LogP contribution in [0.1, 0.15) is 23.6 Å². The molecule has 0 saturated carbocycles. The number of benzene rings is 2. The predicted molar refractivity (Wildman–Crippen MR) is 110 cm³/mol. The highest BCUT2D eigenvalue weighted by Crippen LogP contribution is 2.17. The van der Waals surface area contributed by atoms with Crippen LogP contribution in [0.4, 0.5) is 0 Å². The molecule has 0 aliphatic carbocycles. The Morgan fingerprint density at radius 1 is 1.00 bits per heavy atom. The monoisotopic (exact) mass is 404 g/mol. The fourth-order valence-electron chi connectivity index (χ4n) is 3.20. The van der Waals surface area contributed by atoms with Crippen LogP contribution in [0.5, 0.6) is 5.75 Å². The summed E-state index contributed by atoms with van der Waals surface area (Å²) in [5, 5.41) is 3.41. The molecule has 1 saturated heterocycles. The lowest BCUT2D eigenvalue weighted by atomic mass is 10.1. The molecule has 2 aromatic rings. The van der Waals surface area contributed by atoms with Gasteiger partial charge < -0.3 is 14.8 Å². The van der Waals surface area contributed by atoms with E-state index in [0.29, 0.717) is 46.0 Å². The van der Waals surface area contributed by atoms with Crippen molar-refractivity contribution in [2.24, 2.45) is 0 Å². The van der Waals surface area contributed by atoms with E-state index in [4.69, 9.17) is 9.47 Å². The van der Waals surface area contributed by atoms with Crippen molar-refractivity contribution >= 4 is 10.0 Å². The van der Waals surface area contributed by atoms with Crippen molar-refractivity contribution in [3.8, 4) is 5.75 Å². The predicted octanol–water partition coefficient (Wildman–Crippen LogP) is 2.54. The third-order valence-corrected chi connectivity index (χ3v) is 6.53. The molecule has 1 heterocycles. The molecule has 0 spiro atoms. The summed E-state index contributed by atoms with van der Waals surface area (Å²) in [5.74, 6) is 0.887. The van der Waals surface area contributed by atoms with E-state index in [1.54, 1.807) is 0 Å². The molecule has 1 aliphatic rings. The summed E-state index contributed by atoms with van der Waals surface area (Å²) in [7, 11) is -3.33. The third kappa shape index (κ3) is 5.78. The summed E-state index contributed by atoms with van der Waals surface area (Å²) in [6.45, 7) is 5.73. The van der Waals surface area contributed by atoms with Crippen molar-refractivity contribution in [1.29, 1.82) is 0 Å². The van der Waals surface area contributed by atoms with E-state index in [0.717, 1.165) is 22.4 Å². The molecule has 28 heavy (non-hydrogen) atoms. The van der Waals surface area contributed by atoms with Crippen molar-refractivity contribution in [1.82, 2.24) is 9.62 Å². The molecule has 0 amide bonds. The van der Waals surface area contributed by atoms with Crippen LogP contribution in [0.3, 0.4) is 0 Å². The minimum atomic E-state index is -3.33. The van der Waals surface area contributed by atoms with E-state index in [1.807, 2.05) is 55.5 Å². The minimum Gasteiger partial charge on any atom is -0.494 e. The highest BCUT2D eigenvalue weighted by atomic mass is 32.2. The molecule has 0 radical (unpaired) electrons. The maximum Gasteiger partial charge on any atom is 0.218 e. The maximum atomic E-state index is 12.7. The first-order valence-electron chi connectivity index (χ1n) is 9.63. The molecular weight excluding hydrogens is 376 g/mol. The number of sulfonamides is 1. The van der Waals surface area contributed by atoms with Gasteiger partial charge in [0.1, 0.15) is 5.75 Å². The van der Waals surface area contributed by atoms with Gasteiger partial charge in [-0.05, 0) is 35.7 Å². The zero-order chi connectivity index (χ0) is 19.8. The molecule has 3 rings (SSSR count). The van der Waals surface area contributed by atoms with Gasteiger partial charge in [-0.1, -0.05) is 36.4 Å². The van der Waals surface area contributed by atoms with Crippen molar-refractivity contribution in [3.63, 3.8) is 0 Å². The largest absolute Gasteiger partial charge is 0.494 e. The Morgan fingerprint density at radius 2 is 1.68 bits per heavy atom. The summed E-state index contributed by atoms with van der Waals surface area (Å²) in [6.07, 6.45) is 0. The van der Waals surface area contributed by atoms with Crippen LogP contribution in [-0.2, 0) is 33.6 Å². The standard InChI is InChI=1S/C21H28N2O4S/c1-2-27-21-9-7-18(8-10-21)15-22-16-19-5-3-4-6-20(19)17-28(24,25)23-11-13-26-14-12-23/h3-10,22H,2,11-17H2,1H3. The second kappa shape index (κ2) is 10.0. The number of nitrogens with zero attached hydrogens (tertiary/aromatic N) is 1. The smallest absolute Gasteiger partial charge is 0.218 e. The van der Waals surface area contributed by atoms with Gasteiger partial charge in [0.2, 0.25) is 10.0 Å². The van der Waals surface area contributed by atoms with Gasteiger partial charge in [0.25, 0.3) is 0 Å². The lowest BCUT2D eigenvalue weighted by Crippen LogP contribution is -2.41. The summed E-state index contributed by atoms with van der Waals surface area (Å²) >= 11 is 0. The molecule has 1 N–H and O–H groups in total. The molecule has 7 heteroatoms. The van der Waals surface area contributed by atoms with Crippen LogP contribution in [0.15, 0.2) is 48.5 Å². The Morgan fingerprint density at radius 3 is 2.36 bits per heavy atom. The van der Waals surface area contributed by atoms with Gasteiger partial charge in [0, 0.05) is 26.2 Å². The number of hydrogen-bond donors (Lipinski definition) is 1. The zero-order valence-electron chi connectivity index (χ0n) is 16.3. The van der Waals surface area contributed by atoms with Gasteiger partial charge in [-0.15, -0.1) is 0 Å². The molecule has 1 fully saturated rings. The first-order valence-corrected chi connectivity index (χ1v) is 11.2. The molecule has 0 atom stereocenters. The quantitative estimate of drug-likeness (QED) is 0.696. The van der Waals surface area contributed by atoms with Crippen LogP contribution in [0.25, 0.3) is 0 Å². The molecule has 0 bridgehead atoms. The van der Waals surface area contributed by atoms with E-state index >= 15 is 0 Å². The number of rotatable bonds is 9. The van der Waals surface area contributed by atoms with E-state index in [2.05, 4.69) is 5.32 Å². The lowest BCUT2D eigenvalue weighted by molar-refractivity contribution is 0.0729. The molecular formula is C21H28N2O4S. The van der Waals surface area contributed by atoms with Crippen molar-refractivity contribution in [2.75, 3.05) is 32.9 Å². The summed E-state index contributed by atoms with van der Waals surface area (Å²) in [4.78, 5) is 0. The summed E-state index contributed by atoms with van der Waals surface area (Å²) < 4.78 is 37.7. The van der Waals surface area contributed by atoms with Gasteiger partial charge in [-0.3, -0.25) is 0 Å². The van der Waals surface area contributed by atoms with Gasteiger partial charge in [-0.2, -0.15) is 4.31 Å². The van der Waals surface area contributed by atoms with E-state index in [-0.39, 0.29) is 5.75 Å². The minimum absolute atomic E-state index is 0.0217. The van der Waals surface area contributed by atoms with Crippen LogP contribution in [-0.4, -0.2) is 45.6 Å². The average molecular weight is 405 g/mol. The third-order valence-electron chi connectivity index (χ3n) is 4.70. The average Bonchev–Trinajstić information content (AvgIpc) is 2.71.